The average molecular weight is 294 g/mol. The SMILES string of the molecule is O=C(Nc1cc([N+](=O)[O-])ccc1C(=O)O)C1=COCCO1. The smallest absolute Gasteiger partial charge is 0.337 e. The standard InChI is InChI=1S/C12H10N2O7/c15-11(10-6-20-3-4-21-10)13-9-5-7(14(18)19)1-2-8(9)12(16)17/h1-2,5-6H,3-4H2,(H,13,15)(H,16,17). The number of carboxylic acids is 1. The van der Waals surface area contributed by atoms with Gasteiger partial charge in [-0.05, 0) is 6.07 Å². The zero-order chi connectivity index (χ0) is 15.4. The third-order valence-electron chi connectivity index (χ3n) is 2.57. The third kappa shape index (κ3) is 3.26. The van der Waals surface area contributed by atoms with E-state index in [1.165, 1.54) is 0 Å². The first-order chi connectivity index (χ1) is 9.99. The molecule has 0 radical (unpaired) electrons. The number of nitro benzene ring substituents is 1. The lowest BCUT2D eigenvalue weighted by molar-refractivity contribution is -0.384. The van der Waals surface area contributed by atoms with Crippen LogP contribution in [0.1, 0.15) is 10.4 Å². The summed E-state index contributed by atoms with van der Waals surface area (Å²) in [6, 6.07) is 3.05. The summed E-state index contributed by atoms with van der Waals surface area (Å²) < 4.78 is 9.94. The van der Waals surface area contributed by atoms with E-state index >= 15 is 0 Å². The van der Waals surface area contributed by atoms with E-state index in [1.807, 2.05) is 0 Å². The van der Waals surface area contributed by atoms with Gasteiger partial charge >= 0.3 is 5.97 Å². The molecule has 2 rings (SSSR count). The maximum Gasteiger partial charge on any atom is 0.337 e. The van der Waals surface area contributed by atoms with Crippen LogP contribution < -0.4 is 5.32 Å². The zero-order valence-electron chi connectivity index (χ0n) is 10.6. The summed E-state index contributed by atoms with van der Waals surface area (Å²) in [6.45, 7) is 0.480. The summed E-state index contributed by atoms with van der Waals surface area (Å²) >= 11 is 0. The van der Waals surface area contributed by atoms with Crippen molar-refractivity contribution in [1.29, 1.82) is 0 Å². The van der Waals surface area contributed by atoms with Gasteiger partial charge in [-0.2, -0.15) is 0 Å². The summed E-state index contributed by atoms with van der Waals surface area (Å²) in [5.41, 5.74) is -0.812. The molecular formula is C12H10N2O7. The molecule has 1 aliphatic rings. The van der Waals surface area contributed by atoms with Crippen molar-refractivity contribution >= 4 is 23.3 Å². The molecule has 110 valence electrons. The van der Waals surface area contributed by atoms with Crippen LogP contribution in [0.2, 0.25) is 0 Å². The minimum Gasteiger partial charge on any atom is -0.494 e. The zero-order valence-corrected chi connectivity index (χ0v) is 10.6. The maximum absolute atomic E-state index is 11.9. The molecule has 0 saturated carbocycles. The summed E-state index contributed by atoms with van der Waals surface area (Å²) in [5.74, 6) is -2.21. The molecule has 0 fully saturated rings. The number of non-ortho nitro benzene ring substituents is 1. The van der Waals surface area contributed by atoms with E-state index in [-0.39, 0.29) is 29.3 Å². The van der Waals surface area contributed by atoms with Crippen molar-refractivity contribution in [3.63, 3.8) is 0 Å². The van der Waals surface area contributed by atoms with Crippen LogP contribution in [0.25, 0.3) is 0 Å². The second-order valence-electron chi connectivity index (χ2n) is 3.95. The van der Waals surface area contributed by atoms with Gasteiger partial charge in [-0.15, -0.1) is 0 Å². The van der Waals surface area contributed by atoms with Crippen LogP contribution >= 0.6 is 0 Å². The number of hydrogen-bond donors (Lipinski definition) is 2. The van der Waals surface area contributed by atoms with Crippen LogP contribution in [-0.2, 0) is 14.3 Å². The predicted octanol–water partition coefficient (Wildman–Crippen LogP) is 1.12. The normalized spacial score (nSPS) is 13.4. The van der Waals surface area contributed by atoms with Crippen molar-refractivity contribution in [2.24, 2.45) is 0 Å². The molecule has 1 aromatic carbocycles. The second-order valence-corrected chi connectivity index (χ2v) is 3.95. The first kappa shape index (κ1) is 14.3. The highest BCUT2D eigenvalue weighted by Gasteiger charge is 2.20. The maximum atomic E-state index is 11.9. The highest BCUT2D eigenvalue weighted by Crippen LogP contribution is 2.23. The van der Waals surface area contributed by atoms with E-state index in [2.05, 4.69) is 5.32 Å². The Morgan fingerprint density at radius 1 is 1.33 bits per heavy atom. The Balaban J connectivity index is 2.30. The number of carbonyl (C=O) groups is 2. The molecule has 0 aromatic heterocycles. The lowest BCUT2D eigenvalue weighted by Crippen LogP contribution is -2.22. The van der Waals surface area contributed by atoms with Gasteiger partial charge in [0.25, 0.3) is 11.6 Å². The van der Waals surface area contributed by atoms with Crippen LogP contribution in [0.15, 0.2) is 30.2 Å². The molecule has 0 bridgehead atoms. The predicted molar refractivity (Wildman–Crippen MR) is 68.7 cm³/mol. The van der Waals surface area contributed by atoms with Crippen LogP contribution in [0.3, 0.4) is 0 Å². The molecule has 1 heterocycles. The number of nitrogens with zero attached hydrogens (tertiary/aromatic N) is 1. The molecule has 0 saturated heterocycles. The Labute approximate surface area is 117 Å². The Morgan fingerprint density at radius 2 is 2.10 bits per heavy atom. The molecule has 9 nitrogen and oxygen atoms in total. The fourth-order valence-corrected chi connectivity index (χ4v) is 1.61. The van der Waals surface area contributed by atoms with Crippen molar-refractivity contribution < 1.29 is 29.1 Å². The number of amides is 1. The Bertz CT molecular complexity index is 638. The molecule has 0 unspecified atom stereocenters. The quantitative estimate of drug-likeness (QED) is 0.628. The van der Waals surface area contributed by atoms with Crippen molar-refractivity contribution in [2.75, 3.05) is 18.5 Å². The van der Waals surface area contributed by atoms with Gasteiger partial charge in [0.2, 0.25) is 5.76 Å². The highest BCUT2D eigenvalue weighted by atomic mass is 16.6. The van der Waals surface area contributed by atoms with E-state index < -0.39 is 16.8 Å². The van der Waals surface area contributed by atoms with Crippen LogP contribution in [0, 0.1) is 10.1 Å². The van der Waals surface area contributed by atoms with Crippen LogP contribution in [-0.4, -0.2) is 35.1 Å². The van der Waals surface area contributed by atoms with E-state index in [0.29, 0.717) is 6.61 Å². The van der Waals surface area contributed by atoms with E-state index in [9.17, 15) is 19.7 Å². The first-order valence-electron chi connectivity index (χ1n) is 5.76. The molecule has 0 spiro atoms. The first-order valence-corrected chi connectivity index (χ1v) is 5.76. The molecule has 0 atom stereocenters. The lowest BCUT2D eigenvalue weighted by atomic mass is 10.1. The molecule has 21 heavy (non-hydrogen) atoms. The Morgan fingerprint density at radius 3 is 2.67 bits per heavy atom. The monoisotopic (exact) mass is 294 g/mol. The van der Waals surface area contributed by atoms with Gasteiger partial charge in [-0.3, -0.25) is 14.9 Å². The lowest BCUT2D eigenvalue weighted by Gasteiger charge is -2.15. The van der Waals surface area contributed by atoms with Gasteiger partial charge in [0, 0.05) is 12.1 Å². The van der Waals surface area contributed by atoms with Crippen LogP contribution in [0.5, 0.6) is 0 Å². The topological polar surface area (TPSA) is 128 Å². The van der Waals surface area contributed by atoms with E-state index in [4.69, 9.17) is 14.6 Å². The summed E-state index contributed by atoms with van der Waals surface area (Å²) in [5, 5.41) is 22.0. The molecule has 2 N–H and O–H groups in total. The fraction of sp³-hybridized carbons (Fsp3) is 0.167. The average Bonchev–Trinajstić information content (AvgIpc) is 2.47. The van der Waals surface area contributed by atoms with Crippen molar-refractivity contribution in [2.45, 2.75) is 0 Å². The Kier molecular flexibility index (Phi) is 4.02. The van der Waals surface area contributed by atoms with Gasteiger partial charge in [0.15, 0.2) is 0 Å². The van der Waals surface area contributed by atoms with Crippen molar-refractivity contribution in [1.82, 2.24) is 0 Å². The van der Waals surface area contributed by atoms with Crippen LogP contribution in [0.4, 0.5) is 11.4 Å². The van der Waals surface area contributed by atoms with E-state index in [0.717, 1.165) is 24.5 Å². The fourth-order valence-electron chi connectivity index (χ4n) is 1.61. The molecule has 0 aliphatic carbocycles. The number of rotatable bonds is 4. The molecule has 9 heteroatoms. The van der Waals surface area contributed by atoms with Gasteiger partial charge in [-0.1, -0.05) is 0 Å². The number of anilines is 1. The van der Waals surface area contributed by atoms with Gasteiger partial charge in [0.1, 0.15) is 19.5 Å². The molecular weight excluding hydrogens is 284 g/mol. The number of nitro groups is 1. The Hall–Kier alpha value is -3.10. The summed E-state index contributed by atoms with van der Waals surface area (Å²) in [4.78, 5) is 33.0. The second kappa shape index (κ2) is 5.90. The number of carbonyl (C=O) groups excluding carboxylic acids is 1. The molecule has 1 amide bonds. The summed E-state index contributed by atoms with van der Waals surface area (Å²) in [6.07, 6.45) is 1.09. The number of ether oxygens (including phenoxy) is 2. The van der Waals surface area contributed by atoms with Gasteiger partial charge in [-0.25, -0.2) is 4.79 Å². The number of carboxylic acid groups (broad SMARTS) is 1. The minimum absolute atomic E-state index is 0.135. The minimum atomic E-state index is -1.32. The number of nitrogens with one attached hydrogen (secondary N) is 1. The largest absolute Gasteiger partial charge is 0.494 e. The van der Waals surface area contributed by atoms with Gasteiger partial charge in [0.05, 0.1) is 16.2 Å². The van der Waals surface area contributed by atoms with Gasteiger partial charge < -0.3 is 19.9 Å². The number of hydrogen-bond acceptors (Lipinski definition) is 6. The van der Waals surface area contributed by atoms with Crippen molar-refractivity contribution in [3.8, 4) is 0 Å². The number of aromatic carboxylic acids is 1. The van der Waals surface area contributed by atoms with E-state index in [1.54, 1.807) is 0 Å². The summed E-state index contributed by atoms with van der Waals surface area (Å²) in [7, 11) is 0. The third-order valence-corrected chi connectivity index (χ3v) is 2.57. The molecule has 1 aliphatic heterocycles. The molecule has 1 aromatic rings. The highest BCUT2D eigenvalue weighted by molar-refractivity contribution is 6.06. The number of benzene rings is 1. The van der Waals surface area contributed by atoms with Crippen molar-refractivity contribution in [3.05, 3.63) is 45.9 Å².